The van der Waals surface area contributed by atoms with Crippen molar-refractivity contribution in [2.45, 2.75) is 25.7 Å². The minimum atomic E-state index is -0.0508. The first-order valence-corrected chi connectivity index (χ1v) is 10.6. The first kappa shape index (κ1) is 19.1. The smallest absolute Gasteiger partial charge is 0.322 e. The van der Waals surface area contributed by atoms with Crippen LogP contribution in [0.3, 0.4) is 0 Å². The fourth-order valence-corrected chi connectivity index (χ4v) is 4.90. The van der Waals surface area contributed by atoms with E-state index in [1.807, 2.05) is 35.2 Å². The van der Waals surface area contributed by atoms with Gasteiger partial charge in [0, 0.05) is 43.9 Å². The molecule has 6 heteroatoms. The van der Waals surface area contributed by atoms with E-state index in [2.05, 4.69) is 17.4 Å². The number of carbonyl (C=O) groups excluding carboxylic acids is 1. The van der Waals surface area contributed by atoms with Gasteiger partial charge in [0.25, 0.3) is 0 Å². The lowest BCUT2D eigenvalue weighted by molar-refractivity contribution is 0.0209. The Balaban J connectivity index is 1.35. The van der Waals surface area contributed by atoms with Crippen molar-refractivity contribution in [3.05, 3.63) is 48.0 Å². The quantitative estimate of drug-likeness (QED) is 0.816. The normalized spacial score (nSPS) is 19.5. The van der Waals surface area contributed by atoms with Crippen LogP contribution in [0.25, 0.3) is 11.1 Å². The lowest BCUT2D eigenvalue weighted by atomic mass is 9.80. The van der Waals surface area contributed by atoms with Gasteiger partial charge in [0.05, 0.1) is 12.8 Å². The van der Waals surface area contributed by atoms with Crippen molar-refractivity contribution in [3.63, 3.8) is 0 Å². The van der Waals surface area contributed by atoms with Crippen LogP contribution in [0.5, 0.6) is 5.75 Å². The van der Waals surface area contributed by atoms with Gasteiger partial charge in [-0.15, -0.1) is 0 Å². The molecule has 0 atom stereocenters. The number of nitrogens with one attached hydrogen (secondary N) is 1. The van der Waals surface area contributed by atoms with Crippen molar-refractivity contribution < 1.29 is 14.3 Å². The van der Waals surface area contributed by atoms with E-state index in [1.165, 1.54) is 0 Å². The van der Waals surface area contributed by atoms with Crippen molar-refractivity contribution in [2.75, 3.05) is 33.4 Å². The molecule has 2 saturated heterocycles. The highest BCUT2D eigenvalue weighted by Crippen LogP contribution is 2.42. The van der Waals surface area contributed by atoms with E-state index >= 15 is 0 Å². The number of amides is 2. The number of ether oxygens (including phenoxy) is 2. The van der Waals surface area contributed by atoms with Crippen LogP contribution in [0, 0.1) is 5.41 Å². The third kappa shape index (κ3) is 3.45. The van der Waals surface area contributed by atoms with Crippen LogP contribution in [-0.2, 0) is 11.2 Å². The molecule has 2 aromatic carbocycles. The Labute approximate surface area is 176 Å². The van der Waals surface area contributed by atoms with Crippen LogP contribution in [-0.4, -0.2) is 50.2 Å². The molecule has 156 valence electrons. The van der Waals surface area contributed by atoms with Crippen LogP contribution in [0.15, 0.2) is 47.5 Å². The summed E-state index contributed by atoms with van der Waals surface area (Å²) in [6, 6.07) is 14.2. The molecular weight excluding hydrogens is 378 g/mol. The van der Waals surface area contributed by atoms with Gasteiger partial charge in [-0.25, -0.2) is 9.79 Å². The molecule has 2 aromatic rings. The van der Waals surface area contributed by atoms with Gasteiger partial charge >= 0.3 is 6.03 Å². The zero-order valence-corrected chi connectivity index (χ0v) is 17.3. The maximum atomic E-state index is 13.0. The van der Waals surface area contributed by atoms with Gasteiger partial charge in [-0.05, 0) is 42.4 Å². The minimum Gasteiger partial charge on any atom is -0.496 e. The predicted octanol–water partition coefficient (Wildman–Crippen LogP) is 4.16. The SMILES string of the molecule is COc1ccc(-c2ccccc2)c2c1CC(NC(=O)N1CCC3(CCOCC3)C1)=N2. The third-order valence-electron chi connectivity index (χ3n) is 6.67. The second-order valence-electron chi connectivity index (χ2n) is 8.46. The summed E-state index contributed by atoms with van der Waals surface area (Å²) in [6.07, 6.45) is 3.71. The Bertz CT molecular complexity index is 981. The number of methoxy groups -OCH3 is 1. The minimum absolute atomic E-state index is 0.0508. The molecule has 2 amide bonds. The highest BCUT2D eigenvalue weighted by molar-refractivity contribution is 6.04. The molecule has 0 aromatic heterocycles. The first-order chi connectivity index (χ1) is 14.7. The van der Waals surface area contributed by atoms with E-state index in [1.54, 1.807) is 7.11 Å². The molecule has 5 rings (SSSR count). The standard InChI is InChI=1S/C24H27N3O3/c1-29-20-8-7-18(17-5-3-2-4-6-17)22-19(20)15-21(25-22)26-23(28)27-12-9-24(16-27)10-13-30-14-11-24/h2-8H,9-16H2,1H3,(H,25,26,28). The number of carbonyl (C=O) groups is 1. The summed E-state index contributed by atoms with van der Waals surface area (Å²) >= 11 is 0. The molecule has 0 saturated carbocycles. The maximum Gasteiger partial charge on any atom is 0.322 e. The van der Waals surface area contributed by atoms with Crippen LogP contribution < -0.4 is 10.1 Å². The summed E-state index contributed by atoms with van der Waals surface area (Å²) in [5.41, 5.74) is 4.31. The van der Waals surface area contributed by atoms with Crippen LogP contribution in [0.2, 0.25) is 0 Å². The molecule has 3 aliphatic heterocycles. The summed E-state index contributed by atoms with van der Waals surface area (Å²) < 4.78 is 11.1. The number of fused-ring (bicyclic) bond motifs is 1. The number of nitrogens with zero attached hydrogens (tertiary/aromatic N) is 2. The fraction of sp³-hybridized carbons (Fsp3) is 0.417. The van der Waals surface area contributed by atoms with Crippen molar-refractivity contribution in [1.29, 1.82) is 0 Å². The van der Waals surface area contributed by atoms with Crippen molar-refractivity contribution >= 4 is 17.6 Å². The molecule has 30 heavy (non-hydrogen) atoms. The van der Waals surface area contributed by atoms with Gasteiger partial charge in [0.2, 0.25) is 0 Å². The molecule has 2 fully saturated rings. The molecule has 3 heterocycles. The van der Waals surface area contributed by atoms with E-state index in [-0.39, 0.29) is 11.4 Å². The molecule has 0 radical (unpaired) electrons. The highest BCUT2D eigenvalue weighted by Gasteiger charge is 2.41. The zero-order chi connectivity index (χ0) is 20.6. The number of urea groups is 1. The number of hydrogen-bond donors (Lipinski definition) is 1. The Kier molecular flexibility index (Phi) is 4.95. The average molecular weight is 405 g/mol. The topological polar surface area (TPSA) is 63.2 Å². The molecule has 1 N–H and O–H groups in total. The van der Waals surface area contributed by atoms with E-state index in [0.717, 1.165) is 73.7 Å². The predicted molar refractivity (Wildman–Crippen MR) is 116 cm³/mol. The Hall–Kier alpha value is -2.86. The van der Waals surface area contributed by atoms with Crippen molar-refractivity contribution in [1.82, 2.24) is 10.2 Å². The maximum absolute atomic E-state index is 13.0. The van der Waals surface area contributed by atoms with Gasteiger partial charge in [-0.1, -0.05) is 30.3 Å². The lowest BCUT2D eigenvalue weighted by Gasteiger charge is -2.33. The molecule has 6 nitrogen and oxygen atoms in total. The fourth-order valence-electron chi connectivity index (χ4n) is 4.90. The number of hydrogen-bond acceptors (Lipinski definition) is 4. The van der Waals surface area contributed by atoms with E-state index in [4.69, 9.17) is 14.5 Å². The summed E-state index contributed by atoms with van der Waals surface area (Å²) in [4.78, 5) is 19.7. The van der Waals surface area contributed by atoms with E-state index in [0.29, 0.717) is 12.3 Å². The van der Waals surface area contributed by atoms with Crippen LogP contribution >= 0.6 is 0 Å². The summed E-state index contributed by atoms with van der Waals surface area (Å²) in [7, 11) is 1.67. The number of rotatable bonds is 2. The van der Waals surface area contributed by atoms with Gasteiger partial charge < -0.3 is 14.4 Å². The van der Waals surface area contributed by atoms with E-state index < -0.39 is 0 Å². The molecule has 0 bridgehead atoms. The van der Waals surface area contributed by atoms with Crippen molar-refractivity contribution in [2.24, 2.45) is 10.4 Å². The summed E-state index contributed by atoms with van der Waals surface area (Å²) in [6.45, 7) is 3.21. The average Bonchev–Trinajstić information content (AvgIpc) is 3.38. The molecule has 1 spiro atoms. The van der Waals surface area contributed by atoms with Crippen LogP contribution in [0.1, 0.15) is 24.8 Å². The zero-order valence-electron chi connectivity index (χ0n) is 17.3. The summed E-state index contributed by atoms with van der Waals surface area (Å²) in [5, 5.41) is 3.07. The molecular formula is C24H27N3O3. The number of likely N-dealkylation sites (tertiary alicyclic amines) is 1. The first-order valence-electron chi connectivity index (χ1n) is 10.6. The van der Waals surface area contributed by atoms with Crippen molar-refractivity contribution in [3.8, 4) is 16.9 Å². The number of benzene rings is 2. The largest absolute Gasteiger partial charge is 0.496 e. The van der Waals surface area contributed by atoms with Gasteiger partial charge in [-0.3, -0.25) is 5.32 Å². The number of amidine groups is 1. The number of aliphatic imine (C=N–C) groups is 1. The monoisotopic (exact) mass is 405 g/mol. The Morgan fingerprint density at radius 3 is 2.70 bits per heavy atom. The molecule has 0 unspecified atom stereocenters. The summed E-state index contributed by atoms with van der Waals surface area (Å²) in [5.74, 6) is 1.49. The van der Waals surface area contributed by atoms with Gasteiger partial charge in [0.15, 0.2) is 0 Å². The van der Waals surface area contributed by atoms with E-state index in [9.17, 15) is 4.79 Å². The molecule has 0 aliphatic carbocycles. The lowest BCUT2D eigenvalue weighted by Crippen LogP contribution is -2.43. The molecule has 3 aliphatic rings. The Morgan fingerprint density at radius 1 is 1.13 bits per heavy atom. The second-order valence-corrected chi connectivity index (χ2v) is 8.46. The van der Waals surface area contributed by atoms with Gasteiger partial charge in [-0.2, -0.15) is 0 Å². The third-order valence-corrected chi connectivity index (χ3v) is 6.67. The van der Waals surface area contributed by atoms with Crippen LogP contribution in [0.4, 0.5) is 10.5 Å². The highest BCUT2D eigenvalue weighted by atomic mass is 16.5. The Morgan fingerprint density at radius 2 is 1.93 bits per heavy atom. The van der Waals surface area contributed by atoms with Gasteiger partial charge in [0.1, 0.15) is 11.6 Å². The second kappa shape index (κ2) is 7.76.